The van der Waals surface area contributed by atoms with Gasteiger partial charge >= 0.3 is 0 Å². The molecule has 0 N–H and O–H groups in total. The number of hydrogen-bond donors (Lipinski definition) is 0. The molecule has 47 valence electrons. The molecule has 0 unspecified atom stereocenters. The van der Waals surface area contributed by atoms with Crippen molar-refractivity contribution in [3.63, 3.8) is 0 Å². The Balaban J connectivity index is 0.000000640. The van der Waals surface area contributed by atoms with Crippen molar-refractivity contribution in [3.8, 4) is 0 Å². The van der Waals surface area contributed by atoms with Crippen LogP contribution in [0.5, 0.6) is 0 Å². The first-order valence-corrected chi connectivity index (χ1v) is 2.73. The van der Waals surface area contributed by atoms with Crippen LogP contribution in [-0.2, 0) is 39.1 Å². The third kappa shape index (κ3) is 3.06. The van der Waals surface area contributed by atoms with Gasteiger partial charge in [0.05, 0.1) is 0 Å². The summed E-state index contributed by atoms with van der Waals surface area (Å²) >= 11 is 0. The zero-order valence-corrected chi connectivity index (χ0v) is 8.25. The van der Waals surface area contributed by atoms with E-state index in [1.807, 2.05) is 0 Å². The Morgan fingerprint density at radius 1 is 1.67 bits per heavy atom. The molecule has 9 heavy (non-hydrogen) atoms. The Morgan fingerprint density at radius 3 is 2.89 bits per heavy atom. The predicted octanol–water partition coefficient (Wildman–Crippen LogP) is 0.384. The first-order chi connectivity index (χ1) is 3.93. The number of aryl methyl sites for hydroxylation is 1. The molecule has 1 heterocycles. The third-order valence-corrected chi connectivity index (χ3v) is 0.938. The van der Waals surface area contributed by atoms with E-state index in [4.69, 9.17) is 0 Å². The van der Waals surface area contributed by atoms with Crippen molar-refractivity contribution in [2.75, 3.05) is 0 Å². The fourth-order valence-electron chi connectivity index (χ4n) is 0.572. The van der Waals surface area contributed by atoms with Gasteiger partial charge in [-0.2, -0.15) is 0 Å². The van der Waals surface area contributed by atoms with Gasteiger partial charge in [-0.05, 0) is 6.42 Å². The number of hydrogen-bond acceptors (Lipinski definition) is 2. The normalized spacial score (nSPS) is 8.56. The Labute approximate surface area is 79.5 Å². The van der Waals surface area contributed by atoms with Crippen LogP contribution in [0.1, 0.15) is 19.0 Å². The van der Waals surface area contributed by atoms with Gasteiger partial charge in [0.15, 0.2) is 0 Å². The molecule has 0 aliphatic rings. The quantitative estimate of drug-likeness (QED) is 0.691. The van der Waals surface area contributed by atoms with E-state index in [9.17, 15) is 0 Å². The van der Waals surface area contributed by atoms with Gasteiger partial charge in [-0.25, -0.2) is 0 Å². The topological polar surface area (TPSA) is 39.9 Å². The van der Waals surface area contributed by atoms with Crippen molar-refractivity contribution in [2.24, 2.45) is 0 Å². The summed E-state index contributed by atoms with van der Waals surface area (Å²) in [4.78, 5) is 0. The molecule has 0 aliphatic heterocycles. The SMILES string of the molecule is CCCc1c[n-]nn1.[Y]. The molecule has 0 fully saturated rings. The molecule has 1 aromatic rings. The van der Waals surface area contributed by atoms with E-state index in [1.54, 1.807) is 6.20 Å². The van der Waals surface area contributed by atoms with E-state index < -0.39 is 0 Å². The molecule has 0 saturated heterocycles. The van der Waals surface area contributed by atoms with Gasteiger partial charge in [-0.15, -0.1) is 0 Å². The summed E-state index contributed by atoms with van der Waals surface area (Å²) in [6.45, 7) is 2.11. The minimum atomic E-state index is 0. The van der Waals surface area contributed by atoms with E-state index in [-0.39, 0.29) is 32.7 Å². The Morgan fingerprint density at radius 2 is 2.44 bits per heavy atom. The molecule has 0 bridgehead atoms. The van der Waals surface area contributed by atoms with Gasteiger partial charge in [0.1, 0.15) is 0 Å². The monoisotopic (exact) mass is 199 g/mol. The van der Waals surface area contributed by atoms with E-state index in [0.717, 1.165) is 18.5 Å². The standard InChI is InChI=1S/C5H8N3.Y/c1-2-3-5-4-6-8-7-5;/h4H,2-3H2,1H3;/q-1;. The largest absolute Gasteiger partial charge is 0.358 e. The van der Waals surface area contributed by atoms with Crippen LogP contribution in [0.15, 0.2) is 6.20 Å². The van der Waals surface area contributed by atoms with Gasteiger partial charge in [-0.1, -0.05) is 25.2 Å². The van der Waals surface area contributed by atoms with Gasteiger partial charge in [-0.3, -0.25) is 5.21 Å². The first-order valence-electron chi connectivity index (χ1n) is 2.73. The van der Waals surface area contributed by atoms with Crippen molar-refractivity contribution in [3.05, 3.63) is 11.9 Å². The average molecular weight is 199 g/mol. The Bertz CT molecular complexity index is 138. The molecule has 1 aromatic heterocycles. The van der Waals surface area contributed by atoms with E-state index in [0.29, 0.717) is 0 Å². The van der Waals surface area contributed by atoms with Crippen LogP contribution in [0.4, 0.5) is 0 Å². The van der Waals surface area contributed by atoms with Crippen LogP contribution in [0.2, 0.25) is 0 Å². The second kappa shape index (κ2) is 5.06. The average Bonchev–Trinajstić information content (AvgIpc) is 2.19. The van der Waals surface area contributed by atoms with Crippen LogP contribution >= 0.6 is 0 Å². The minimum Gasteiger partial charge on any atom is -0.358 e. The van der Waals surface area contributed by atoms with Crippen molar-refractivity contribution in [1.29, 1.82) is 0 Å². The Hall–Kier alpha value is 0.244. The van der Waals surface area contributed by atoms with Crippen LogP contribution in [0, 0.1) is 0 Å². The summed E-state index contributed by atoms with van der Waals surface area (Å²) in [5.41, 5.74) is 0.993. The zero-order chi connectivity index (χ0) is 5.82. The van der Waals surface area contributed by atoms with Crippen molar-refractivity contribution in [2.45, 2.75) is 19.8 Å². The van der Waals surface area contributed by atoms with Crippen molar-refractivity contribution in [1.82, 2.24) is 15.4 Å². The van der Waals surface area contributed by atoms with Crippen LogP contribution in [0.3, 0.4) is 0 Å². The second-order valence-corrected chi connectivity index (χ2v) is 1.68. The molecule has 0 saturated carbocycles. The molecule has 3 nitrogen and oxygen atoms in total. The van der Waals surface area contributed by atoms with E-state index in [2.05, 4.69) is 22.3 Å². The number of rotatable bonds is 2. The summed E-state index contributed by atoms with van der Waals surface area (Å²) in [5, 5.41) is 10.8. The fraction of sp³-hybridized carbons (Fsp3) is 0.600. The summed E-state index contributed by atoms with van der Waals surface area (Å²) in [7, 11) is 0. The van der Waals surface area contributed by atoms with Gasteiger partial charge in [0.25, 0.3) is 0 Å². The first kappa shape index (κ1) is 9.24. The number of nitrogens with zero attached hydrogens (tertiary/aromatic N) is 3. The molecule has 4 heteroatoms. The molecule has 1 rings (SSSR count). The molecule has 0 aromatic carbocycles. The van der Waals surface area contributed by atoms with E-state index >= 15 is 0 Å². The maximum Gasteiger partial charge on any atom is 0 e. The van der Waals surface area contributed by atoms with Crippen LogP contribution in [0.25, 0.3) is 0 Å². The molecular formula is C5H8N3Y-. The smallest absolute Gasteiger partial charge is 0 e. The summed E-state index contributed by atoms with van der Waals surface area (Å²) < 4.78 is 0. The Kier molecular flexibility index (Phi) is 5.20. The van der Waals surface area contributed by atoms with Crippen molar-refractivity contribution < 1.29 is 32.7 Å². The van der Waals surface area contributed by atoms with Gasteiger partial charge < -0.3 is 10.2 Å². The molecule has 0 amide bonds. The van der Waals surface area contributed by atoms with Crippen LogP contribution in [-0.4, -0.2) is 10.3 Å². The molecule has 0 atom stereocenters. The van der Waals surface area contributed by atoms with Crippen molar-refractivity contribution >= 4 is 0 Å². The maximum absolute atomic E-state index is 3.74. The number of aromatic nitrogens is 3. The minimum absolute atomic E-state index is 0. The molecular weight excluding hydrogens is 191 g/mol. The van der Waals surface area contributed by atoms with E-state index in [1.165, 1.54) is 0 Å². The summed E-state index contributed by atoms with van der Waals surface area (Å²) in [6.07, 6.45) is 3.80. The summed E-state index contributed by atoms with van der Waals surface area (Å²) in [6, 6.07) is 0. The fourth-order valence-corrected chi connectivity index (χ4v) is 0.572. The predicted molar refractivity (Wildman–Crippen MR) is 29.3 cm³/mol. The summed E-state index contributed by atoms with van der Waals surface area (Å²) in [5.74, 6) is 0. The van der Waals surface area contributed by atoms with Gasteiger partial charge in [0.2, 0.25) is 0 Å². The second-order valence-electron chi connectivity index (χ2n) is 1.68. The maximum atomic E-state index is 3.74. The molecule has 0 aliphatic carbocycles. The molecule has 0 spiro atoms. The van der Waals surface area contributed by atoms with Crippen LogP contribution < -0.4 is 5.10 Å². The van der Waals surface area contributed by atoms with Gasteiger partial charge in [0, 0.05) is 32.7 Å². The third-order valence-electron chi connectivity index (χ3n) is 0.938. The zero-order valence-electron chi connectivity index (χ0n) is 5.41. The molecule has 1 radical (unpaired) electrons.